The number of benzene rings is 2. The van der Waals surface area contributed by atoms with E-state index in [0.717, 1.165) is 10.5 Å². The SMILES string of the molecule is CC(=O)c1cccc(NC(=O)C[NH+]2CCN(S(=O)(=O)c3ccc(C(C)C)cc3)CC2)c1. The zero-order valence-electron chi connectivity index (χ0n) is 18.2. The number of hydrogen-bond donors (Lipinski definition) is 2. The molecule has 0 unspecified atom stereocenters. The van der Waals surface area contributed by atoms with Gasteiger partial charge in [-0.1, -0.05) is 38.1 Å². The fraction of sp³-hybridized carbons (Fsp3) is 0.391. The molecule has 2 aromatic carbocycles. The van der Waals surface area contributed by atoms with E-state index in [2.05, 4.69) is 19.2 Å². The van der Waals surface area contributed by atoms with Crippen molar-refractivity contribution < 1.29 is 22.9 Å². The Labute approximate surface area is 184 Å². The minimum Gasteiger partial charge on any atom is -0.325 e. The van der Waals surface area contributed by atoms with Crippen molar-refractivity contribution in [2.75, 3.05) is 38.0 Å². The summed E-state index contributed by atoms with van der Waals surface area (Å²) in [6.07, 6.45) is 0. The van der Waals surface area contributed by atoms with E-state index < -0.39 is 10.0 Å². The minimum atomic E-state index is -3.53. The summed E-state index contributed by atoms with van der Waals surface area (Å²) in [7, 11) is -3.53. The van der Waals surface area contributed by atoms with E-state index >= 15 is 0 Å². The molecule has 0 saturated carbocycles. The van der Waals surface area contributed by atoms with Gasteiger partial charge in [-0.25, -0.2) is 8.42 Å². The topological polar surface area (TPSA) is 88.0 Å². The summed E-state index contributed by atoms with van der Waals surface area (Å²) < 4.78 is 27.4. The van der Waals surface area contributed by atoms with E-state index in [1.54, 1.807) is 36.4 Å². The molecule has 1 heterocycles. The van der Waals surface area contributed by atoms with Crippen molar-refractivity contribution in [1.82, 2.24) is 4.31 Å². The van der Waals surface area contributed by atoms with Gasteiger partial charge < -0.3 is 10.2 Å². The first-order chi connectivity index (χ1) is 14.7. The summed E-state index contributed by atoms with van der Waals surface area (Å²) in [6.45, 7) is 7.74. The molecule has 0 aromatic heterocycles. The number of carbonyl (C=O) groups excluding carboxylic acids is 2. The van der Waals surface area contributed by atoms with Crippen LogP contribution in [0.5, 0.6) is 0 Å². The number of Topliss-reactive ketones (excluding diaryl/α,β-unsaturated/α-hetero) is 1. The van der Waals surface area contributed by atoms with Gasteiger partial charge in [0, 0.05) is 11.3 Å². The van der Waals surface area contributed by atoms with Crippen LogP contribution in [0, 0.1) is 0 Å². The molecule has 0 aliphatic carbocycles. The molecule has 1 aliphatic rings. The van der Waals surface area contributed by atoms with Crippen molar-refractivity contribution in [2.45, 2.75) is 31.6 Å². The monoisotopic (exact) mass is 444 g/mol. The average Bonchev–Trinajstić information content (AvgIpc) is 2.74. The van der Waals surface area contributed by atoms with E-state index in [1.165, 1.54) is 11.2 Å². The molecule has 1 aliphatic heterocycles. The van der Waals surface area contributed by atoms with Crippen LogP contribution < -0.4 is 10.2 Å². The molecule has 2 N–H and O–H groups in total. The Morgan fingerprint density at radius 1 is 1.06 bits per heavy atom. The largest absolute Gasteiger partial charge is 0.325 e. The lowest BCUT2D eigenvalue weighted by atomic mass is 10.0. The highest BCUT2D eigenvalue weighted by molar-refractivity contribution is 7.89. The molecule has 8 heteroatoms. The molecule has 0 spiro atoms. The second-order valence-electron chi connectivity index (χ2n) is 8.24. The smallest absolute Gasteiger partial charge is 0.279 e. The molecule has 0 atom stereocenters. The zero-order valence-corrected chi connectivity index (χ0v) is 19.0. The van der Waals surface area contributed by atoms with Crippen LogP contribution in [-0.2, 0) is 14.8 Å². The number of hydrogen-bond acceptors (Lipinski definition) is 4. The van der Waals surface area contributed by atoms with Crippen molar-refractivity contribution in [2.24, 2.45) is 0 Å². The predicted molar refractivity (Wildman–Crippen MR) is 120 cm³/mol. The Bertz CT molecular complexity index is 1040. The Balaban J connectivity index is 1.54. The lowest BCUT2D eigenvalue weighted by Crippen LogP contribution is -3.15. The van der Waals surface area contributed by atoms with Crippen LogP contribution in [-0.4, -0.2) is 57.1 Å². The molecule has 7 nitrogen and oxygen atoms in total. The number of ketones is 1. The fourth-order valence-electron chi connectivity index (χ4n) is 3.64. The van der Waals surface area contributed by atoms with Gasteiger partial charge in [0.1, 0.15) is 0 Å². The van der Waals surface area contributed by atoms with E-state index in [4.69, 9.17) is 0 Å². The van der Waals surface area contributed by atoms with Crippen molar-refractivity contribution in [3.8, 4) is 0 Å². The number of sulfonamides is 1. The minimum absolute atomic E-state index is 0.0575. The van der Waals surface area contributed by atoms with E-state index in [-0.39, 0.29) is 18.2 Å². The van der Waals surface area contributed by atoms with Crippen molar-refractivity contribution in [3.05, 3.63) is 59.7 Å². The van der Waals surface area contributed by atoms with Gasteiger partial charge in [0.15, 0.2) is 12.3 Å². The Morgan fingerprint density at radius 3 is 2.29 bits per heavy atom. The van der Waals surface area contributed by atoms with Gasteiger partial charge in [0.05, 0.1) is 31.1 Å². The lowest BCUT2D eigenvalue weighted by molar-refractivity contribution is -0.895. The maximum atomic E-state index is 12.9. The first kappa shape index (κ1) is 23.1. The third-order valence-corrected chi connectivity index (χ3v) is 7.49. The van der Waals surface area contributed by atoms with E-state index in [0.29, 0.717) is 48.2 Å². The van der Waals surface area contributed by atoms with Gasteiger partial charge in [0.2, 0.25) is 10.0 Å². The summed E-state index contributed by atoms with van der Waals surface area (Å²) in [5, 5.41) is 2.82. The summed E-state index contributed by atoms with van der Waals surface area (Å²) in [4.78, 5) is 25.2. The Hall–Kier alpha value is -2.55. The summed E-state index contributed by atoms with van der Waals surface area (Å²) in [6, 6.07) is 13.9. The highest BCUT2D eigenvalue weighted by atomic mass is 32.2. The van der Waals surface area contributed by atoms with Crippen LogP contribution in [0.25, 0.3) is 0 Å². The molecule has 0 radical (unpaired) electrons. The normalized spacial score (nSPS) is 15.7. The highest BCUT2D eigenvalue weighted by Crippen LogP contribution is 2.20. The molecule has 31 heavy (non-hydrogen) atoms. The van der Waals surface area contributed by atoms with Gasteiger partial charge in [-0.05, 0) is 42.7 Å². The van der Waals surface area contributed by atoms with Gasteiger partial charge in [-0.2, -0.15) is 4.31 Å². The number of quaternary nitrogens is 1. The molecule has 3 rings (SSSR count). The lowest BCUT2D eigenvalue weighted by Gasteiger charge is -2.31. The van der Waals surface area contributed by atoms with Gasteiger partial charge in [-0.15, -0.1) is 0 Å². The summed E-state index contributed by atoms with van der Waals surface area (Å²) in [5.41, 5.74) is 2.24. The maximum absolute atomic E-state index is 12.9. The molecule has 166 valence electrons. The number of nitrogens with one attached hydrogen (secondary N) is 2. The van der Waals surface area contributed by atoms with Gasteiger partial charge in [-0.3, -0.25) is 9.59 Å². The standard InChI is InChI=1S/C23H29N3O4S/c1-17(2)19-7-9-22(10-8-19)31(29,30)26-13-11-25(12-14-26)16-23(28)24-21-6-4-5-20(15-21)18(3)27/h4-10,15,17H,11-14,16H2,1-3H3,(H,24,28)/p+1. The van der Waals surface area contributed by atoms with Crippen molar-refractivity contribution in [3.63, 3.8) is 0 Å². The van der Waals surface area contributed by atoms with Gasteiger partial charge in [0.25, 0.3) is 5.91 Å². The maximum Gasteiger partial charge on any atom is 0.279 e. The summed E-state index contributed by atoms with van der Waals surface area (Å²) >= 11 is 0. The number of nitrogens with zero attached hydrogens (tertiary/aromatic N) is 1. The van der Waals surface area contributed by atoms with Crippen molar-refractivity contribution in [1.29, 1.82) is 0 Å². The third-order valence-electron chi connectivity index (χ3n) is 5.58. The Morgan fingerprint density at radius 2 is 1.71 bits per heavy atom. The van der Waals surface area contributed by atoms with Crippen LogP contribution in [0.15, 0.2) is 53.4 Å². The first-order valence-electron chi connectivity index (χ1n) is 10.5. The third kappa shape index (κ3) is 5.78. The van der Waals surface area contributed by atoms with Crippen molar-refractivity contribution >= 4 is 27.4 Å². The number of anilines is 1. The highest BCUT2D eigenvalue weighted by Gasteiger charge is 2.31. The second kappa shape index (κ2) is 9.72. The molecular weight excluding hydrogens is 414 g/mol. The van der Waals surface area contributed by atoms with Crippen LogP contribution in [0.1, 0.15) is 42.6 Å². The molecule has 1 fully saturated rings. The molecule has 1 amide bonds. The Kier molecular flexibility index (Phi) is 7.25. The van der Waals surface area contributed by atoms with Crippen LogP contribution in [0.3, 0.4) is 0 Å². The fourth-order valence-corrected chi connectivity index (χ4v) is 5.08. The molecular formula is C23H30N3O4S+. The number of rotatable bonds is 7. The predicted octanol–water partition coefficient (Wildman–Crippen LogP) is 1.54. The first-order valence-corrected chi connectivity index (χ1v) is 12.0. The van der Waals surface area contributed by atoms with Crippen LogP contribution in [0.4, 0.5) is 5.69 Å². The number of carbonyl (C=O) groups is 2. The second-order valence-corrected chi connectivity index (χ2v) is 10.2. The van der Waals surface area contributed by atoms with Gasteiger partial charge >= 0.3 is 0 Å². The van der Waals surface area contributed by atoms with E-state index in [9.17, 15) is 18.0 Å². The quantitative estimate of drug-likeness (QED) is 0.634. The molecule has 1 saturated heterocycles. The average molecular weight is 445 g/mol. The number of amides is 1. The zero-order chi connectivity index (χ0) is 22.6. The molecule has 2 aromatic rings. The van der Waals surface area contributed by atoms with E-state index in [1.807, 2.05) is 12.1 Å². The van der Waals surface area contributed by atoms with Crippen LogP contribution in [0.2, 0.25) is 0 Å². The summed E-state index contributed by atoms with van der Waals surface area (Å²) in [5.74, 6) is 0.133. The molecule has 0 bridgehead atoms. The van der Waals surface area contributed by atoms with Crippen LogP contribution >= 0.6 is 0 Å². The number of piperazine rings is 1.